The summed E-state index contributed by atoms with van der Waals surface area (Å²) in [6.45, 7) is 4.81. The van der Waals surface area contributed by atoms with Crippen molar-refractivity contribution in [2.45, 2.75) is 20.3 Å². The monoisotopic (exact) mass is 374 g/mol. The first-order chi connectivity index (χ1) is 13.7. The summed E-state index contributed by atoms with van der Waals surface area (Å²) in [6, 6.07) is 14.0. The van der Waals surface area contributed by atoms with E-state index < -0.39 is 0 Å². The van der Waals surface area contributed by atoms with E-state index in [4.69, 9.17) is 4.74 Å². The van der Waals surface area contributed by atoms with E-state index in [2.05, 4.69) is 57.8 Å². The van der Waals surface area contributed by atoms with E-state index in [9.17, 15) is 0 Å². The molecule has 2 aromatic carbocycles. The summed E-state index contributed by atoms with van der Waals surface area (Å²) in [5, 5.41) is 13.8. The number of para-hydroxylation sites is 1. The van der Waals surface area contributed by atoms with Crippen molar-refractivity contribution in [3.05, 3.63) is 53.6 Å². The van der Waals surface area contributed by atoms with Crippen LogP contribution in [0.5, 0.6) is 5.75 Å². The lowest BCUT2D eigenvalue weighted by Crippen LogP contribution is -2.02. The number of ether oxygens (including phenoxy) is 1. The molecule has 0 aliphatic carbocycles. The molecule has 0 amide bonds. The quantitative estimate of drug-likeness (QED) is 0.407. The van der Waals surface area contributed by atoms with E-state index in [1.807, 2.05) is 35.9 Å². The number of aromatic nitrogens is 4. The number of hydrogen-bond acceptors (Lipinski definition) is 6. The Labute approximate surface area is 163 Å². The Morgan fingerprint density at radius 2 is 2.04 bits per heavy atom. The van der Waals surface area contributed by atoms with Gasteiger partial charge in [0.1, 0.15) is 11.3 Å². The second kappa shape index (κ2) is 7.64. The molecular formula is C21H22N6O. The summed E-state index contributed by atoms with van der Waals surface area (Å²) in [4.78, 5) is 4.58. The van der Waals surface area contributed by atoms with Crippen molar-refractivity contribution in [3.8, 4) is 5.75 Å². The van der Waals surface area contributed by atoms with Gasteiger partial charge in [0, 0.05) is 18.0 Å². The highest BCUT2D eigenvalue weighted by Gasteiger charge is 2.12. The van der Waals surface area contributed by atoms with Crippen molar-refractivity contribution < 1.29 is 4.74 Å². The zero-order chi connectivity index (χ0) is 19.5. The first-order valence-electron chi connectivity index (χ1n) is 9.27. The molecule has 4 rings (SSSR count). The van der Waals surface area contributed by atoms with Crippen LogP contribution in [0.15, 0.2) is 47.6 Å². The molecule has 0 atom stereocenters. The average Bonchev–Trinajstić information content (AvgIpc) is 2.98. The molecule has 0 unspecified atom stereocenters. The summed E-state index contributed by atoms with van der Waals surface area (Å²) in [7, 11) is 1.98. The number of rotatable bonds is 6. The highest BCUT2D eigenvalue weighted by atomic mass is 16.5. The molecule has 28 heavy (non-hydrogen) atoms. The van der Waals surface area contributed by atoms with Gasteiger partial charge in [-0.2, -0.15) is 10.1 Å². The fourth-order valence-corrected chi connectivity index (χ4v) is 3.11. The lowest BCUT2D eigenvalue weighted by Gasteiger charge is -2.07. The second-order valence-electron chi connectivity index (χ2n) is 6.64. The van der Waals surface area contributed by atoms with Crippen molar-refractivity contribution >= 4 is 34.2 Å². The Bertz CT molecular complexity index is 1160. The molecule has 7 heteroatoms. The Balaban J connectivity index is 1.60. The normalized spacial score (nSPS) is 11.5. The van der Waals surface area contributed by atoms with Crippen LogP contribution in [0.2, 0.25) is 0 Å². The van der Waals surface area contributed by atoms with Crippen LogP contribution in [-0.4, -0.2) is 32.6 Å². The van der Waals surface area contributed by atoms with E-state index in [-0.39, 0.29) is 0 Å². The molecule has 0 fully saturated rings. The van der Waals surface area contributed by atoms with Crippen molar-refractivity contribution in [1.82, 2.24) is 19.7 Å². The summed E-state index contributed by atoms with van der Waals surface area (Å²) < 4.78 is 7.76. The van der Waals surface area contributed by atoms with E-state index in [0.717, 1.165) is 39.8 Å². The van der Waals surface area contributed by atoms with Gasteiger partial charge in [-0.1, -0.05) is 30.7 Å². The van der Waals surface area contributed by atoms with Gasteiger partial charge in [-0.25, -0.2) is 5.43 Å². The van der Waals surface area contributed by atoms with Gasteiger partial charge in [0.25, 0.3) is 5.95 Å². The summed E-state index contributed by atoms with van der Waals surface area (Å²) in [5.74, 6) is 1.15. The zero-order valence-corrected chi connectivity index (χ0v) is 16.2. The number of nitrogens with one attached hydrogen (secondary N) is 1. The largest absolute Gasteiger partial charge is 0.493 e. The molecule has 0 spiro atoms. The number of nitrogens with zero attached hydrogens (tertiary/aromatic N) is 5. The topological polar surface area (TPSA) is 77.2 Å². The van der Waals surface area contributed by atoms with Crippen LogP contribution >= 0.6 is 0 Å². The van der Waals surface area contributed by atoms with Gasteiger partial charge >= 0.3 is 0 Å². The van der Waals surface area contributed by atoms with E-state index >= 15 is 0 Å². The smallest absolute Gasteiger partial charge is 0.265 e. The molecular weight excluding hydrogens is 352 g/mol. The number of fused-ring (bicyclic) bond motifs is 3. The molecule has 7 nitrogen and oxygen atoms in total. The summed E-state index contributed by atoms with van der Waals surface area (Å²) in [6.07, 6.45) is 2.65. The van der Waals surface area contributed by atoms with E-state index in [1.54, 1.807) is 6.21 Å². The zero-order valence-electron chi connectivity index (χ0n) is 16.2. The van der Waals surface area contributed by atoms with Crippen LogP contribution in [0.3, 0.4) is 0 Å². The molecule has 0 aliphatic rings. The number of hydrogen-bond donors (Lipinski definition) is 1. The predicted molar refractivity (Wildman–Crippen MR) is 112 cm³/mol. The second-order valence-corrected chi connectivity index (χ2v) is 6.64. The first-order valence-corrected chi connectivity index (χ1v) is 9.27. The molecule has 0 saturated heterocycles. The lowest BCUT2D eigenvalue weighted by molar-refractivity contribution is 0.317. The minimum atomic E-state index is 0.346. The van der Waals surface area contributed by atoms with Crippen molar-refractivity contribution in [2.75, 3.05) is 12.0 Å². The van der Waals surface area contributed by atoms with Crippen LogP contribution < -0.4 is 10.2 Å². The Morgan fingerprint density at radius 3 is 2.89 bits per heavy atom. The maximum absolute atomic E-state index is 5.74. The average molecular weight is 374 g/mol. The Hall–Kier alpha value is -3.48. The molecule has 0 aliphatic heterocycles. The Morgan fingerprint density at radius 1 is 1.18 bits per heavy atom. The third-order valence-corrected chi connectivity index (χ3v) is 4.50. The number of hydrazone groups is 1. The van der Waals surface area contributed by atoms with Gasteiger partial charge in [0.2, 0.25) is 0 Å². The molecule has 4 aromatic rings. The number of aryl methyl sites for hydroxylation is 2. The summed E-state index contributed by atoms with van der Waals surface area (Å²) in [5.41, 5.74) is 7.56. The van der Waals surface area contributed by atoms with Gasteiger partial charge in [0.15, 0.2) is 5.65 Å². The van der Waals surface area contributed by atoms with E-state index in [1.165, 1.54) is 5.56 Å². The van der Waals surface area contributed by atoms with Crippen molar-refractivity contribution in [3.63, 3.8) is 0 Å². The molecule has 0 bridgehead atoms. The van der Waals surface area contributed by atoms with Gasteiger partial charge < -0.3 is 9.30 Å². The predicted octanol–water partition coefficient (Wildman–Crippen LogP) is 4.06. The third kappa shape index (κ3) is 3.38. The highest BCUT2D eigenvalue weighted by molar-refractivity contribution is 6.04. The van der Waals surface area contributed by atoms with Gasteiger partial charge in [0.05, 0.1) is 18.3 Å². The van der Waals surface area contributed by atoms with Crippen LogP contribution in [0.4, 0.5) is 5.95 Å². The minimum absolute atomic E-state index is 0.346. The molecule has 2 aromatic heterocycles. The van der Waals surface area contributed by atoms with Crippen molar-refractivity contribution in [2.24, 2.45) is 12.1 Å². The molecule has 1 N–H and O–H groups in total. The van der Waals surface area contributed by atoms with Crippen molar-refractivity contribution in [1.29, 1.82) is 0 Å². The fourth-order valence-electron chi connectivity index (χ4n) is 3.11. The number of anilines is 1. The van der Waals surface area contributed by atoms with Crippen LogP contribution in [-0.2, 0) is 7.05 Å². The van der Waals surface area contributed by atoms with E-state index in [0.29, 0.717) is 12.6 Å². The summed E-state index contributed by atoms with van der Waals surface area (Å²) >= 11 is 0. The van der Waals surface area contributed by atoms with Gasteiger partial charge in [-0.05, 0) is 37.6 Å². The molecule has 0 radical (unpaired) electrons. The van der Waals surface area contributed by atoms with Crippen LogP contribution in [0.1, 0.15) is 24.5 Å². The lowest BCUT2D eigenvalue weighted by atomic mass is 10.2. The van der Waals surface area contributed by atoms with Gasteiger partial charge in [-0.15, -0.1) is 10.2 Å². The van der Waals surface area contributed by atoms with Gasteiger partial charge in [-0.3, -0.25) is 0 Å². The van der Waals surface area contributed by atoms with Crippen LogP contribution in [0.25, 0.3) is 22.1 Å². The third-order valence-electron chi connectivity index (χ3n) is 4.50. The number of benzene rings is 2. The molecule has 0 saturated carbocycles. The maximum atomic E-state index is 5.74. The highest BCUT2D eigenvalue weighted by Crippen LogP contribution is 2.26. The van der Waals surface area contributed by atoms with Crippen LogP contribution in [0, 0.1) is 6.92 Å². The molecule has 2 heterocycles. The maximum Gasteiger partial charge on any atom is 0.265 e. The first kappa shape index (κ1) is 17.9. The SMILES string of the molecule is CCCOc1ccccc1/C=N/Nc1nnc2c3cc(C)ccc3n(C)c2n1. The Kier molecular flexibility index (Phi) is 4.89. The molecule has 142 valence electrons. The standard InChI is InChI=1S/C21H22N6O/c1-4-11-28-18-8-6-5-7-15(18)13-22-25-21-23-20-19(24-26-21)16-12-14(2)9-10-17(16)27(20)3/h5-10,12-13H,4,11H2,1-3H3,(H,23,25,26)/b22-13+. The minimum Gasteiger partial charge on any atom is -0.493 e. The fraction of sp³-hybridized carbons (Fsp3) is 0.238.